The minimum absolute atomic E-state index is 0.146. The summed E-state index contributed by atoms with van der Waals surface area (Å²) >= 11 is 7.46. The fourth-order valence-electron chi connectivity index (χ4n) is 3.86. The van der Waals surface area contributed by atoms with Crippen LogP contribution in [-0.2, 0) is 19.1 Å². The third kappa shape index (κ3) is 5.22. The molecule has 1 atom stereocenters. The number of halogens is 4. The van der Waals surface area contributed by atoms with E-state index in [9.17, 15) is 13.2 Å². The number of rotatable bonds is 6. The van der Waals surface area contributed by atoms with Crippen molar-refractivity contribution < 1.29 is 17.9 Å². The van der Waals surface area contributed by atoms with Gasteiger partial charge < -0.3 is 4.74 Å². The van der Waals surface area contributed by atoms with Crippen LogP contribution in [0.2, 0.25) is 5.15 Å². The Morgan fingerprint density at radius 1 is 1.22 bits per heavy atom. The number of ether oxygens (including phenoxy) is 1. The average molecular weight is 483 g/mol. The van der Waals surface area contributed by atoms with Crippen LogP contribution in [0.5, 0.6) is 5.75 Å². The fourth-order valence-corrected chi connectivity index (χ4v) is 5.16. The van der Waals surface area contributed by atoms with E-state index < -0.39 is 11.7 Å². The predicted molar refractivity (Wildman–Crippen MR) is 118 cm³/mol. The molecule has 0 spiro atoms. The van der Waals surface area contributed by atoms with Crippen LogP contribution in [0.15, 0.2) is 30.6 Å². The summed E-state index contributed by atoms with van der Waals surface area (Å²) in [4.78, 5) is 16.1. The van der Waals surface area contributed by atoms with Gasteiger partial charge in [-0.1, -0.05) is 11.6 Å². The smallest absolute Gasteiger partial charge is 0.416 e. The molecule has 4 rings (SSSR count). The molecule has 1 aliphatic rings. The summed E-state index contributed by atoms with van der Waals surface area (Å²) in [6.07, 6.45) is -0.456. The van der Waals surface area contributed by atoms with Crippen molar-refractivity contribution in [2.45, 2.75) is 44.9 Å². The van der Waals surface area contributed by atoms with Gasteiger partial charge in [0, 0.05) is 29.4 Å². The quantitative estimate of drug-likeness (QED) is 0.412. The molecule has 3 aromatic rings. The zero-order valence-electron chi connectivity index (χ0n) is 17.6. The highest BCUT2D eigenvalue weighted by molar-refractivity contribution is 7.12. The summed E-state index contributed by atoms with van der Waals surface area (Å²) in [7, 11) is 1.36. The lowest BCUT2D eigenvalue weighted by Crippen LogP contribution is -2.25. The molecule has 0 N–H and O–H groups in total. The van der Waals surface area contributed by atoms with Crippen LogP contribution >= 0.6 is 22.9 Å². The van der Waals surface area contributed by atoms with E-state index in [4.69, 9.17) is 21.3 Å². The van der Waals surface area contributed by atoms with Gasteiger partial charge >= 0.3 is 6.18 Å². The molecule has 2 aromatic heterocycles. The molecule has 1 fully saturated rings. The van der Waals surface area contributed by atoms with Crippen LogP contribution in [-0.4, -0.2) is 39.5 Å². The molecule has 1 saturated heterocycles. The highest BCUT2D eigenvalue weighted by Crippen LogP contribution is 2.38. The maximum atomic E-state index is 13.5. The second-order valence-electron chi connectivity index (χ2n) is 7.80. The molecule has 32 heavy (non-hydrogen) atoms. The Bertz CT molecular complexity index is 1110. The molecular weight excluding hydrogens is 461 g/mol. The summed E-state index contributed by atoms with van der Waals surface area (Å²) in [5.74, 6) is 0.146. The van der Waals surface area contributed by atoms with Crippen LogP contribution in [0.25, 0.3) is 11.3 Å². The molecule has 10 heteroatoms. The van der Waals surface area contributed by atoms with E-state index in [0.717, 1.165) is 41.4 Å². The summed E-state index contributed by atoms with van der Waals surface area (Å²) in [6.45, 7) is 3.77. The first kappa shape index (κ1) is 22.9. The van der Waals surface area contributed by atoms with Crippen molar-refractivity contribution >= 4 is 22.9 Å². The third-order valence-electron chi connectivity index (χ3n) is 5.54. The van der Waals surface area contributed by atoms with E-state index in [1.807, 2.05) is 0 Å². The number of likely N-dealkylation sites (tertiary alicyclic amines) is 1. The highest BCUT2D eigenvalue weighted by atomic mass is 35.5. The van der Waals surface area contributed by atoms with Gasteiger partial charge in [0.2, 0.25) is 0 Å². The van der Waals surface area contributed by atoms with Crippen molar-refractivity contribution in [1.29, 1.82) is 0 Å². The normalized spacial score (nSPS) is 17.1. The predicted octanol–water partition coefficient (Wildman–Crippen LogP) is 5.86. The van der Waals surface area contributed by atoms with E-state index in [-0.39, 0.29) is 5.75 Å². The highest BCUT2D eigenvalue weighted by Gasteiger charge is 2.32. The number of methoxy groups -OCH3 is 1. The molecule has 170 valence electrons. The summed E-state index contributed by atoms with van der Waals surface area (Å²) < 4.78 is 45.7. The van der Waals surface area contributed by atoms with Gasteiger partial charge in [-0.3, -0.25) is 4.90 Å². The zero-order valence-corrected chi connectivity index (χ0v) is 19.2. The van der Waals surface area contributed by atoms with E-state index in [1.54, 1.807) is 12.1 Å². The van der Waals surface area contributed by atoms with E-state index in [2.05, 4.69) is 21.8 Å². The number of hydrogen-bond acceptors (Lipinski definition) is 6. The molecule has 0 bridgehead atoms. The monoisotopic (exact) mass is 482 g/mol. The maximum absolute atomic E-state index is 13.5. The van der Waals surface area contributed by atoms with Crippen molar-refractivity contribution in [3.05, 3.63) is 56.9 Å². The van der Waals surface area contributed by atoms with E-state index in [0.29, 0.717) is 41.1 Å². The summed E-state index contributed by atoms with van der Waals surface area (Å²) in [6, 6.07) is 5.83. The van der Waals surface area contributed by atoms with Gasteiger partial charge in [-0.15, -0.1) is 11.3 Å². The van der Waals surface area contributed by atoms with Crippen molar-refractivity contribution in [3.63, 3.8) is 0 Å². The van der Waals surface area contributed by atoms with Crippen molar-refractivity contribution in [2.75, 3.05) is 13.7 Å². The van der Waals surface area contributed by atoms with Crippen LogP contribution < -0.4 is 4.74 Å². The third-order valence-corrected chi connectivity index (χ3v) is 6.79. The molecular formula is C22H22ClF3N4OS. The first-order valence-corrected chi connectivity index (χ1v) is 11.4. The van der Waals surface area contributed by atoms with Gasteiger partial charge in [-0.25, -0.2) is 15.0 Å². The minimum Gasteiger partial charge on any atom is -0.497 e. The van der Waals surface area contributed by atoms with E-state index in [1.165, 1.54) is 24.8 Å². The molecule has 3 heterocycles. The minimum atomic E-state index is -4.48. The Balaban J connectivity index is 1.76. The second kappa shape index (κ2) is 9.33. The van der Waals surface area contributed by atoms with Gasteiger partial charge in [0.25, 0.3) is 0 Å². The lowest BCUT2D eigenvalue weighted by atomic mass is 10.1. The van der Waals surface area contributed by atoms with Gasteiger partial charge in [0.1, 0.15) is 17.2 Å². The number of hydrogen-bond donors (Lipinski definition) is 0. The largest absolute Gasteiger partial charge is 0.497 e. The van der Waals surface area contributed by atoms with Gasteiger partial charge in [-0.2, -0.15) is 13.2 Å². The molecule has 0 radical (unpaired) electrons. The molecule has 1 aliphatic heterocycles. The molecule has 0 amide bonds. The second-order valence-corrected chi connectivity index (χ2v) is 9.35. The van der Waals surface area contributed by atoms with Crippen LogP contribution in [0.1, 0.15) is 40.9 Å². The van der Waals surface area contributed by atoms with Crippen molar-refractivity contribution in [2.24, 2.45) is 0 Å². The Morgan fingerprint density at radius 2 is 2.03 bits per heavy atom. The molecule has 0 aliphatic carbocycles. The number of aromatic nitrogens is 3. The van der Waals surface area contributed by atoms with Gasteiger partial charge in [-0.05, 0) is 50.6 Å². The molecule has 0 unspecified atom stereocenters. The Kier molecular flexibility index (Phi) is 6.69. The zero-order chi connectivity index (χ0) is 22.9. The molecule has 5 nitrogen and oxygen atoms in total. The van der Waals surface area contributed by atoms with Crippen LogP contribution in [0.4, 0.5) is 13.2 Å². The Labute approximate surface area is 193 Å². The Hall–Kier alpha value is -2.23. The number of alkyl halides is 3. The van der Waals surface area contributed by atoms with Crippen molar-refractivity contribution in [1.82, 2.24) is 19.9 Å². The average Bonchev–Trinajstić information content (AvgIpc) is 3.33. The first-order chi connectivity index (χ1) is 15.2. The topological polar surface area (TPSA) is 51.1 Å². The first-order valence-electron chi connectivity index (χ1n) is 10.2. The standard InChI is InChI=1S/C22H22ClF3N4OS/c1-13-4-3-5-30(13)11-18-21(14-6-15(22(24,25)26)8-17(7-14)31-2)29-20(32-18)10-16-9-19(23)28-12-27-16/h6-9,12-13H,3-5,10-11H2,1-2H3/t13-/m1/s1. The number of benzene rings is 1. The summed E-state index contributed by atoms with van der Waals surface area (Å²) in [5, 5.41) is 1.09. The number of nitrogens with zero attached hydrogens (tertiary/aromatic N) is 4. The Morgan fingerprint density at radius 3 is 2.69 bits per heavy atom. The SMILES string of the molecule is COc1cc(-c2nc(Cc3cc(Cl)ncn3)sc2CN2CCC[C@H]2C)cc(C(F)(F)F)c1. The van der Waals surface area contributed by atoms with E-state index >= 15 is 0 Å². The van der Waals surface area contributed by atoms with Gasteiger partial charge in [0.05, 0.1) is 29.1 Å². The molecule has 1 aromatic carbocycles. The lowest BCUT2D eigenvalue weighted by molar-refractivity contribution is -0.137. The summed E-state index contributed by atoms with van der Waals surface area (Å²) in [5.41, 5.74) is 0.882. The lowest BCUT2D eigenvalue weighted by Gasteiger charge is -2.20. The molecule has 0 saturated carbocycles. The van der Waals surface area contributed by atoms with Crippen molar-refractivity contribution in [3.8, 4) is 17.0 Å². The maximum Gasteiger partial charge on any atom is 0.416 e. The number of thiazole rings is 1. The van der Waals surface area contributed by atoms with Crippen LogP contribution in [0.3, 0.4) is 0 Å². The van der Waals surface area contributed by atoms with Gasteiger partial charge in [0.15, 0.2) is 0 Å². The fraction of sp³-hybridized carbons (Fsp3) is 0.409. The van der Waals surface area contributed by atoms with Crippen LogP contribution in [0, 0.1) is 0 Å².